The van der Waals surface area contributed by atoms with Gasteiger partial charge in [0.25, 0.3) is 0 Å². The number of anilines is 1. The molecule has 0 unspecified atom stereocenters. The fourth-order valence-electron chi connectivity index (χ4n) is 3.94. The molecule has 1 aliphatic rings. The number of benzene rings is 1. The number of nitrogens with zero attached hydrogens (tertiary/aromatic N) is 7. The first-order valence-electron chi connectivity index (χ1n) is 9.33. The summed E-state index contributed by atoms with van der Waals surface area (Å²) in [5, 5.41) is 4.58. The van der Waals surface area contributed by atoms with Gasteiger partial charge in [-0.2, -0.15) is 5.10 Å². The second kappa shape index (κ2) is 6.59. The summed E-state index contributed by atoms with van der Waals surface area (Å²) >= 11 is 0. The summed E-state index contributed by atoms with van der Waals surface area (Å²) in [6, 6.07) is 9.68. The number of piperidine rings is 1. The zero-order valence-electron chi connectivity index (χ0n) is 15.5. The van der Waals surface area contributed by atoms with Crippen LogP contribution in [0.2, 0.25) is 0 Å². The average Bonchev–Trinajstić information content (AvgIpc) is 3.33. The Kier molecular flexibility index (Phi) is 3.92. The molecule has 4 aromatic rings. The molecule has 9 heteroatoms. The van der Waals surface area contributed by atoms with Gasteiger partial charge in [-0.1, -0.05) is 18.2 Å². The van der Waals surface area contributed by atoms with Gasteiger partial charge in [0.15, 0.2) is 11.5 Å². The molecular weight excluding hydrogens is 356 g/mol. The Morgan fingerprint density at radius 1 is 1.14 bits per heavy atom. The molecule has 3 aromatic heterocycles. The van der Waals surface area contributed by atoms with Crippen molar-refractivity contribution in [2.75, 3.05) is 18.0 Å². The molecule has 142 valence electrons. The van der Waals surface area contributed by atoms with Crippen LogP contribution in [0.15, 0.2) is 47.8 Å². The van der Waals surface area contributed by atoms with Crippen LogP contribution in [0.3, 0.4) is 0 Å². The number of aromatic amines is 1. The molecule has 0 amide bonds. The normalized spacial score (nSPS) is 17.3. The molecule has 0 spiro atoms. The Hall–Kier alpha value is -3.49. The first-order valence-corrected chi connectivity index (χ1v) is 9.33. The van der Waals surface area contributed by atoms with Crippen molar-refractivity contribution in [3.8, 4) is 5.69 Å². The maximum Gasteiger partial charge on any atom is 0.350 e. The lowest BCUT2D eigenvalue weighted by molar-refractivity contribution is 0.481. The van der Waals surface area contributed by atoms with Gasteiger partial charge in [-0.3, -0.25) is 0 Å². The summed E-state index contributed by atoms with van der Waals surface area (Å²) in [7, 11) is 1.70. The lowest BCUT2D eigenvalue weighted by Crippen LogP contribution is -2.36. The third-order valence-electron chi connectivity index (χ3n) is 5.25. The van der Waals surface area contributed by atoms with Crippen LogP contribution < -0.4 is 10.6 Å². The predicted molar refractivity (Wildman–Crippen MR) is 105 cm³/mol. The molecule has 0 radical (unpaired) electrons. The van der Waals surface area contributed by atoms with Crippen molar-refractivity contribution in [1.29, 1.82) is 0 Å². The SMILES string of the molecule is Cn1nc([C@@H]2CCCN(c3ncnc4nc[nH]c34)C2)n(-c2ccccc2)c1=O. The van der Waals surface area contributed by atoms with E-state index in [2.05, 4.69) is 29.9 Å². The minimum absolute atomic E-state index is 0.121. The fourth-order valence-corrected chi connectivity index (χ4v) is 3.94. The summed E-state index contributed by atoms with van der Waals surface area (Å²) in [6.07, 6.45) is 5.14. The second-order valence-corrected chi connectivity index (χ2v) is 7.02. The van der Waals surface area contributed by atoms with E-state index in [0.717, 1.165) is 48.8 Å². The minimum Gasteiger partial charge on any atom is -0.354 e. The molecule has 1 N–H and O–H groups in total. The molecule has 0 saturated carbocycles. The van der Waals surface area contributed by atoms with Crippen LogP contribution in [0, 0.1) is 0 Å². The summed E-state index contributed by atoms with van der Waals surface area (Å²) in [4.78, 5) is 31.0. The highest BCUT2D eigenvalue weighted by Gasteiger charge is 2.29. The zero-order chi connectivity index (χ0) is 19.1. The van der Waals surface area contributed by atoms with E-state index in [-0.39, 0.29) is 11.6 Å². The lowest BCUT2D eigenvalue weighted by atomic mass is 9.97. The molecule has 0 aliphatic carbocycles. The van der Waals surface area contributed by atoms with E-state index in [4.69, 9.17) is 0 Å². The Labute approximate surface area is 160 Å². The van der Waals surface area contributed by atoms with Crippen molar-refractivity contribution in [2.24, 2.45) is 7.05 Å². The Bertz CT molecular complexity index is 1180. The van der Waals surface area contributed by atoms with Crippen LogP contribution in [-0.4, -0.2) is 47.4 Å². The van der Waals surface area contributed by atoms with E-state index in [1.165, 1.54) is 4.68 Å². The van der Waals surface area contributed by atoms with Crippen molar-refractivity contribution < 1.29 is 0 Å². The molecule has 1 atom stereocenters. The van der Waals surface area contributed by atoms with Gasteiger partial charge in [-0.05, 0) is 25.0 Å². The highest BCUT2D eigenvalue weighted by atomic mass is 16.2. The number of rotatable bonds is 3. The number of para-hydroxylation sites is 1. The van der Waals surface area contributed by atoms with Gasteiger partial charge in [0.1, 0.15) is 17.7 Å². The van der Waals surface area contributed by atoms with Gasteiger partial charge in [0, 0.05) is 26.1 Å². The van der Waals surface area contributed by atoms with Gasteiger partial charge in [0.2, 0.25) is 0 Å². The number of fused-ring (bicyclic) bond motifs is 1. The number of imidazole rings is 1. The standard InChI is InChI=1S/C19H20N8O/c1-25-19(28)27(14-7-3-2-4-8-14)17(24-25)13-6-5-9-26(10-13)18-15-16(21-11-20-15)22-12-23-18/h2-4,7-8,11-13H,5-6,9-10H2,1H3,(H,20,21,22,23)/t13-/m1/s1. The summed E-state index contributed by atoms with van der Waals surface area (Å²) in [6.45, 7) is 1.62. The Morgan fingerprint density at radius 2 is 2.00 bits per heavy atom. The van der Waals surface area contributed by atoms with Gasteiger partial charge in [-0.25, -0.2) is 29.0 Å². The summed E-state index contributed by atoms with van der Waals surface area (Å²) in [5.74, 6) is 1.76. The molecular formula is C19H20N8O. The Balaban J connectivity index is 1.54. The van der Waals surface area contributed by atoms with Crippen molar-refractivity contribution in [3.63, 3.8) is 0 Å². The molecule has 28 heavy (non-hydrogen) atoms. The van der Waals surface area contributed by atoms with Crippen molar-refractivity contribution in [1.82, 2.24) is 34.3 Å². The van der Waals surface area contributed by atoms with Crippen LogP contribution in [0.1, 0.15) is 24.6 Å². The number of aryl methyl sites for hydroxylation is 1. The topological polar surface area (TPSA) is 97.5 Å². The second-order valence-electron chi connectivity index (χ2n) is 7.02. The maximum atomic E-state index is 12.7. The lowest BCUT2D eigenvalue weighted by Gasteiger charge is -2.33. The van der Waals surface area contributed by atoms with E-state index in [9.17, 15) is 4.79 Å². The van der Waals surface area contributed by atoms with Gasteiger partial charge >= 0.3 is 5.69 Å². The van der Waals surface area contributed by atoms with E-state index >= 15 is 0 Å². The monoisotopic (exact) mass is 376 g/mol. The molecule has 5 rings (SSSR count). The predicted octanol–water partition coefficient (Wildman–Crippen LogP) is 1.62. The first kappa shape index (κ1) is 16.7. The molecule has 9 nitrogen and oxygen atoms in total. The highest BCUT2D eigenvalue weighted by Crippen LogP contribution is 2.30. The maximum absolute atomic E-state index is 12.7. The van der Waals surface area contributed by atoms with Crippen LogP contribution in [0.4, 0.5) is 5.82 Å². The molecule has 1 saturated heterocycles. The van der Waals surface area contributed by atoms with E-state index in [1.807, 2.05) is 30.3 Å². The van der Waals surface area contributed by atoms with E-state index < -0.39 is 0 Å². The van der Waals surface area contributed by atoms with Crippen LogP contribution in [0.25, 0.3) is 16.9 Å². The third-order valence-corrected chi connectivity index (χ3v) is 5.25. The smallest absolute Gasteiger partial charge is 0.350 e. The molecule has 1 aromatic carbocycles. The molecule has 4 heterocycles. The number of H-pyrrole nitrogens is 1. The summed E-state index contributed by atoms with van der Waals surface area (Å²) < 4.78 is 3.14. The first-order chi connectivity index (χ1) is 13.7. The quantitative estimate of drug-likeness (QED) is 0.584. The van der Waals surface area contributed by atoms with Gasteiger partial charge < -0.3 is 9.88 Å². The minimum atomic E-state index is -0.128. The van der Waals surface area contributed by atoms with Crippen LogP contribution >= 0.6 is 0 Å². The molecule has 1 fully saturated rings. The Morgan fingerprint density at radius 3 is 2.86 bits per heavy atom. The number of hydrogen-bond donors (Lipinski definition) is 1. The number of hydrogen-bond acceptors (Lipinski definition) is 6. The molecule has 1 aliphatic heterocycles. The van der Waals surface area contributed by atoms with E-state index in [0.29, 0.717) is 5.65 Å². The van der Waals surface area contributed by atoms with Gasteiger partial charge in [0.05, 0.1) is 12.0 Å². The largest absolute Gasteiger partial charge is 0.354 e. The third kappa shape index (κ3) is 2.67. The molecule has 0 bridgehead atoms. The number of nitrogens with one attached hydrogen (secondary N) is 1. The van der Waals surface area contributed by atoms with Crippen LogP contribution in [-0.2, 0) is 7.05 Å². The van der Waals surface area contributed by atoms with Crippen molar-refractivity contribution in [2.45, 2.75) is 18.8 Å². The highest BCUT2D eigenvalue weighted by molar-refractivity contribution is 5.82. The van der Waals surface area contributed by atoms with Crippen molar-refractivity contribution in [3.05, 3.63) is 59.3 Å². The average molecular weight is 376 g/mol. The number of aromatic nitrogens is 7. The van der Waals surface area contributed by atoms with E-state index in [1.54, 1.807) is 24.3 Å². The van der Waals surface area contributed by atoms with Crippen LogP contribution in [0.5, 0.6) is 0 Å². The summed E-state index contributed by atoms with van der Waals surface area (Å²) in [5.41, 5.74) is 2.21. The fraction of sp³-hybridized carbons (Fsp3) is 0.316. The zero-order valence-corrected chi connectivity index (χ0v) is 15.5. The van der Waals surface area contributed by atoms with Gasteiger partial charge in [-0.15, -0.1) is 0 Å². The van der Waals surface area contributed by atoms with Crippen molar-refractivity contribution >= 4 is 17.0 Å².